The van der Waals surface area contributed by atoms with Gasteiger partial charge in [-0.05, 0) is 29.8 Å². The zero-order valence-electron chi connectivity index (χ0n) is 14.4. The molecule has 0 aliphatic carbocycles. The fourth-order valence-electron chi connectivity index (χ4n) is 3.02. The molecular weight excluding hydrogens is 360 g/mol. The summed E-state index contributed by atoms with van der Waals surface area (Å²) in [5.74, 6) is 0.690. The van der Waals surface area contributed by atoms with E-state index in [1.807, 2.05) is 54.6 Å². The van der Waals surface area contributed by atoms with Crippen molar-refractivity contribution in [2.24, 2.45) is 5.10 Å². The average molecular weight is 378 g/mol. The Morgan fingerprint density at radius 1 is 0.852 bits per heavy atom. The maximum Gasteiger partial charge on any atom is 0.276 e. The molecule has 27 heavy (non-hydrogen) atoms. The molecule has 1 aliphatic heterocycles. The summed E-state index contributed by atoms with van der Waals surface area (Å²) in [6.45, 7) is 0. The molecule has 0 aromatic heterocycles. The molecule has 4 rings (SSSR count). The SMILES string of the molecule is O=S(=O)(N/N=C1/C[C@@H](c2ccccc2)Oc2ccccc21)c1ccccc1. The van der Waals surface area contributed by atoms with Crippen LogP contribution >= 0.6 is 0 Å². The first-order chi connectivity index (χ1) is 13.1. The number of nitrogens with zero attached hydrogens (tertiary/aromatic N) is 1. The second-order valence-corrected chi connectivity index (χ2v) is 7.84. The molecule has 0 saturated carbocycles. The van der Waals surface area contributed by atoms with Gasteiger partial charge >= 0.3 is 0 Å². The van der Waals surface area contributed by atoms with Crippen LogP contribution in [-0.2, 0) is 10.0 Å². The van der Waals surface area contributed by atoms with Crippen molar-refractivity contribution in [3.63, 3.8) is 0 Å². The standard InChI is InChI=1S/C21H18N2O3S/c24-27(25,17-11-5-2-6-12-17)23-22-19-15-21(16-9-3-1-4-10-16)26-20-14-8-7-13-18(19)20/h1-14,21,23H,15H2/b22-19-/t21-/m0/s1. The first-order valence-corrected chi connectivity index (χ1v) is 10.1. The van der Waals surface area contributed by atoms with Gasteiger partial charge in [0.25, 0.3) is 10.0 Å². The maximum atomic E-state index is 12.5. The van der Waals surface area contributed by atoms with Crippen molar-refractivity contribution in [3.05, 3.63) is 96.1 Å². The Balaban J connectivity index is 1.67. The first-order valence-electron chi connectivity index (χ1n) is 8.58. The third-order valence-corrected chi connectivity index (χ3v) is 5.60. The normalized spacial score (nSPS) is 17.8. The number of hydrogen-bond acceptors (Lipinski definition) is 4. The van der Waals surface area contributed by atoms with Gasteiger partial charge in [-0.2, -0.15) is 18.4 Å². The topological polar surface area (TPSA) is 67.8 Å². The second kappa shape index (κ2) is 7.25. The number of nitrogens with one attached hydrogen (secondary N) is 1. The first kappa shape index (κ1) is 17.3. The van der Waals surface area contributed by atoms with Crippen LogP contribution in [0.4, 0.5) is 0 Å². The lowest BCUT2D eigenvalue weighted by molar-refractivity contribution is 0.206. The van der Waals surface area contributed by atoms with Crippen LogP contribution in [0.5, 0.6) is 5.75 Å². The Hall–Kier alpha value is -3.12. The lowest BCUT2D eigenvalue weighted by Crippen LogP contribution is -2.25. The maximum absolute atomic E-state index is 12.5. The van der Waals surface area contributed by atoms with Crippen LogP contribution < -0.4 is 9.57 Å². The van der Waals surface area contributed by atoms with E-state index in [4.69, 9.17) is 4.74 Å². The largest absolute Gasteiger partial charge is 0.485 e. The lowest BCUT2D eigenvalue weighted by atomic mass is 9.96. The number of hydrogen-bond donors (Lipinski definition) is 1. The van der Waals surface area contributed by atoms with Gasteiger partial charge in [0, 0.05) is 12.0 Å². The van der Waals surface area contributed by atoms with Crippen LogP contribution in [0.3, 0.4) is 0 Å². The van der Waals surface area contributed by atoms with E-state index < -0.39 is 10.0 Å². The highest BCUT2D eigenvalue weighted by molar-refractivity contribution is 7.89. The monoisotopic (exact) mass is 378 g/mol. The van der Waals surface area contributed by atoms with Crippen LogP contribution in [0, 0.1) is 0 Å². The van der Waals surface area contributed by atoms with Gasteiger partial charge in [0.05, 0.1) is 10.6 Å². The predicted octanol–water partition coefficient (Wildman–Crippen LogP) is 3.89. The quantitative estimate of drug-likeness (QED) is 0.700. The number of sulfonamides is 1. The van der Waals surface area contributed by atoms with Gasteiger partial charge in [0.2, 0.25) is 0 Å². The van der Waals surface area contributed by atoms with E-state index >= 15 is 0 Å². The summed E-state index contributed by atoms with van der Waals surface area (Å²) < 4.78 is 31.1. The number of benzene rings is 3. The Morgan fingerprint density at radius 3 is 2.22 bits per heavy atom. The molecule has 0 saturated heterocycles. The van der Waals surface area contributed by atoms with Crippen molar-refractivity contribution in [1.82, 2.24) is 4.83 Å². The van der Waals surface area contributed by atoms with Crippen LogP contribution in [0.15, 0.2) is 94.9 Å². The highest BCUT2D eigenvalue weighted by Crippen LogP contribution is 2.35. The number of fused-ring (bicyclic) bond motifs is 1. The summed E-state index contributed by atoms with van der Waals surface area (Å²) in [4.78, 5) is 2.54. The molecule has 0 bridgehead atoms. The summed E-state index contributed by atoms with van der Waals surface area (Å²) in [5.41, 5.74) is 2.45. The lowest BCUT2D eigenvalue weighted by Gasteiger charge is -2.27. The molecule has 1 heterocycles. The molecule has 136 valence electrons. The Morgan fingerprint density at radius 2 is 1.48 bits per heavy atom. The third-order valence-electron chi connectivity index (χ3n) is 4.37. The van der Waals surface area contributed by atoms with Crippen molar-refractivity contribution in [1.29, 1.82) is 0 Å². The molecular formula is C21H18N2O3S. The van der Waals surface area contributed by atoms with E-state index in [2.05, 4.69) is 9.93 Å². The van der Waals surface area contributed by atoms with Gasteiger partial charge in [-0.3, -0.25) is 0 Å². The zero-order valence-corrected chi connectivity index (χ0v) is 15.3. The number of ether oxygens (including phenoxy) is 1. The molecule has 0 unspecified atom stereocenters. The van der Waals surface area contributed by atoms with E-state index in [1.165, 1.54) is 12.1 Å². The highest BCUT2D eigenvalue weighted by Gasteiger charge is 2.26. The molecule has 0 radical (unpaired) electrons. The highest BCUT2D eigenvalue weighted by atomic mass is 32.2. The molecule has 0 spiro atoms. The van der Waals surface area contributed by atoms with Crippen molar-refractivity contribution in [3.8, 4) is 5.75 Å². The summed E-state index contributed by atoms with van der Waals surface area (Å²) in [6.07, 6.45) is 0.249. The smallest absolute Gasteiger partial charge is 0.276 e. The summed E-state index contributed by atoms with van der Waals surface area (Å²) in [6, 6.07) is 25.5. The average Bonchev–Trinajstić information content (AvgIpc) is 2.73. The van der Waals surface area contributed by atoms with Crippen molar-refractivity contribution < 1.29 is 13.2 Å². The fourth-order valence-corrected chi connectivity index (χ4v) is 3.87. The minimum Gasteiger partial charge on any atom is -0.485 e. The molecule has 3 aromatic rings. The van der Waals surface area contributed by atoms with Gasteiger partial charge in [-0.15, -0.1) is 0 Å². The third kappa shape index (κ3) is 3.71. The molecule has 0 amide bonds. The van der Waals surface area contributed by atoms with Crippen LogP contribution in [0.25, 0.3) is 0 Å². The fraction of sp³-hybridized carbons (Fsp3) is 0.0952. The summed E-state index contributed by atoms with van der Waals surface area (Å²) >= 11 is 0. The van der Waals surface area contributed by atoms with Crippen LogP contribution in [0.2, 0.25) is 0 Å². The van der Waals surface area contributed by atoms with E-state index in [1.54, 1.807) is 18.2 Å². The minimum absolute atomic E-state index is 0.175. The Kier molecular flexibility index (Phi) is 4.64. The van der Waals surface area contributed by atoms with Gasteiger partial charge in [0.1, 0.15) is 11.9 Å². The van der Waals surface area contributed by atoms with E-state index in [-0.39, 0.29) is 11.0 Å². The zero-order chi connectivity index (χ0) is 18.7. The number of rotatable bonds is 4. The van der Waals surface area contributed by atoms with E-state index in [0.717, 1.165) is 11.1 Å². The molecule has 1 aliphatic rings. The van der Waals surface area contributed by atoms with Crippen molar-refractivity contribution in [2.75, 3.05) is 0 Å². The van der Waals surface area contributed by atoms with Gasteiger partial charge in [0.15, 0.2) is 0 Å². The van der Waals surface area contributed by atoms with Gasteiger partial charge in [-0.1, -0.05) is 60.7 Å². The molecule has 3 aromatic carbocycles. The number of para-hydroxylation sites is 1. The number of hydrazone groups is 1. The van der Waals surface area contributed by atoms with Gasteiger partial charge < -0.3 is 4.74 Å². The second-order valence-electron chi connectivity index (χ2n) is 6.18. The molecule has 1 N–H and O–H groups in total. The predicted molar refractivity (Wildman–Crippen MR) is 104 cm³/mol. The molecule has 6 heteroatoms. The van der Waals surface area contributed by atoms with Crippen molar-refractivity contribution in [2.45, 2.75) is 17.4 Å². The van der Waals surface area contributed by atoms with Crippen LogP contribution in [-0.4, -0.2) is 14.1 Å². The summed E-state index contributed by atoms with van der Waals surface area (Å²) in [5, 5.41) is 4.25. The molecule has 5 nitrogen and oxygen atoms in total. The molecule has 0 fully saturated rings. The van der Waals surface area contributed by atoms with E-state index in [0.29, 0.717) is 17.9 Å². The van der Waals surface area contributed by atoms with E-state index in [9.17, 15) is 8.42 Å². The Labute approximate surface area is 158 Å². The van der Waals surface area contributed by atoms with Crippen molar-refractivity contribution >= 4 is 15.7 Å². The Bertz CT molecular complexity index is 1060. The minimum atomic E-state index is -3.72. The van der Waals surface area contributed by atoms with Crippen LogP contribution in [0.1, 0.15) is 23.7 Å². The molecule has 1 atom stereocenters. The van der Waals surface area contributed by atoms with Gasteiger partial charge in [-0.25, -0.2) is 0 Å². The summed E-state index contributed by atoms with van der Waals surface area (Å²) in [7, 11) is -3.72.